The van der Waals surface area contributed by atoms with Crippen molar-refractivity contribution in [3.8, 4) is 11.8 Å². The number of alkyl halides is 3. The summed E-state index contributed by atoms with van der Waals surface area (Å²) in [6, 6.07) is 8.51. The van der Waals surface area contributed by atoms with E-state index in [2.05, 4.69) is 68.1 Å². The van der Waals surface area contributed by atoms with Crippen molar-refractivity contribution in [1.82, 2.24) is 24.7 Å². The molecule has 0 atom stereocenters. The summed E-state index contributed by atoms with van der Waals surface area (Å²) < 4.78 is 40.7. The van der Waals surface area contributed by atoms with Gasteiger partial charge in [0.25, 0.3) is 5.82 Å². The van der Waals surface area contributed by atoms with Gasteiger partial charge in [-0.3, -0.25) is 4.79 Å². The summed E-state index contributed by atoms with van der Waals surface area (Å²) in [6.45, 7) is 5.43. The number of hydrogen-bond donors (Lipinski definition) is 0. The second-order valence-corrected chi connectivity index (χ2v) is 12.5. The summed E-state index contributed by atoms with van der Waals surface area (Å²) in [5.41, 5.74) is 2.28. The van der Waals surface area contributed by atoms with Gasteiger partial charge in [-0.15, -0.1) is 10.2 Å². The van der Waals surface area contributed by atoms with Crippen molar-refractivity contribution < 1.29 is 18.0 Å². The van der Waals surface area contributed by atoms with Crippen LogP contribution in [0.25, 0.3) is 0 Å². The van der Waals surface area contributed by atoms with E-state index in [0.29, 0.717) is 36.4 Å². The quantitative estimate of drug-likeness (QED) is 0.428. The summed E-state index contributed by atoms with van der Waals surface area (Å²) in [6.07, 6.45) is 4.56. The lowest BCUT2D eigenvalue weighted by Crippen LogP contribution is -2.42. The number of fused-ring (bicyclic) bond motifs is 1. The van der Waals surface area contributed by atoms with Crippen molar-refractivity contribution in [3.05, 3.63) is 47.0 Å². The number of aromatic nitrogens is 3. The Morgan fingerprint density at radius 3 is 2.24 bits per heavy atom. The van der Waals surface area contributed by atoms with Gasteiger partial charge in [0.2, 0.25) is 5.91 Å². The molecule has 10 heteroatoms. The molecule has 0 N–H and O–H groups in total. The molecule has 0 radical (unpaired) electrons. The highest BCUT2D eigenvalue weighted by atomic mass is 19.4. The number of likely N-dealkylation sites (tertiary alicyclic amines) is 2. The topological polar surface area (TPSA) is 66.6 Å². The Bertz CT molecular complexity index is 1350. The molecule has 0 bridgehead atoms. The van der Waals surface area contributed by atoms with E-state index >= 15 is 0 Å². The van der Waals surface area contributed by atoms with Crippen molar-refractivity contribution in [1.29, 1.82) is 0 Å². The predicted molar refractivity (Wildman–Crippen MR) is 153 cm³/mol. The highest BCUT2D eigenvalue weighted by Crippen LogP contribution is 2.33. The monoisotopic (exact) mass is 580 g/mol. The highest BCUT2D eigenvalue weighted by molar-refractivity contribution is 5.83. The average Bonchev–Trinajstić information content (AvgIpc) is 3.45. The molecule has 2 saturated heterocycles. The molecule has 1 aromatic carbocycles. The number of carbonyl (C=O) groups excluding carboxylic acids is 1. The molecule has 224 valence electrons. The highest BCUT2D eigenvalue weighted by Gasteiger charge is 2.40. The Hall–Kier alpha value is -3.35. The zero-order valence-electron chi connectivity index (χ0n) is 24.2. The maximum Gasteiger partial charge on any atom is 0.453 e. The fraction of sp³-hybridized carbons (Fsp3) is 0.625. The van der Waals surface area contributed by atoms with Crippen LogP contribution in [0.1, 0.15) is 93.4 Å². The lowest BCUT2D eigenvalue weighted by atomic mass is 9.82. The van der Waals surface area contributed by atoms with Crippen molar-refractivity contribution in [2.24, 2.45) is 22.9 Å². The molecule has 2 aromatic rings. The Morgan fingerprint density at radius 2 is 1.57 bits per heavy atom. The van der Waals surface area contributed by atoms with Gasteiger partial charge in [0.1, 0.15) is 5.84 Å². The van der Waals surface area contributed by atoms with Crippen LogP contribution in [-0.2, 0) is 17.4 Å². The van der Waals surface area contributed by atoms with Crippen molar-refractivity contribution in [3.63, 3.8) is 0 Å². The van der Waals surface area contributed by atoms with Crippen LogP contribution in [0.15, 0.2) is 29.4 Å². The molecule has 4 aliphatic rings. The van der Waals surface area contributed by atoms with Crippen LogP contribution in [0.4, 0.5) is 13.2 Å². The van der Waals surface area contributed by atoms with Crippen molar-refractivity contribution in [2.45, 2.75) is 83.2 Å². The minimum absolute atomic E-state index is 0.227. The third kappa shape index (κ3) is 6.35. The maximum atomic E-state index is 13.3. The summed E-state index contributed by atoms with van der Waals surface area (Å²) in [5, 5.41) is 11.3. The molecule has 0 unspecified atom stereocenters. The van der Waals surface area contributed by atoms with Gasteiger partial charge >= 0.3 is 6.18 Å². The molecule has 0 spiro atoms. The Balaban J connectivity index is 0.984. The van der Waals surface area contributed by atoms with E-state index in [1.165, 1.54) is 18.4 Å². The van der Waals surface area contributed by atoms with Gasteiger partial charge in [-0.05, 0) is 80.9 Å². The Kier molecular flexibility index (Phi) is 8.28. The largest absolute Gasteiger partial charge is 0.453 e. The third-order valence-electron chi connectivity index (χ3n) is 9.58. The van der Waals surface area contributed by atoms with Gasteiger partial charge in [0, 0.05) is 56.4 Å². The fourth-order valence-electron chi connectivity index (χ4n) is 6.86. The van der Waals surface area contributed by atoms with Gasteiger partial charge in [-0.1, -0.05) is 30.9 Å². The average molecular weight is 581 g/mol. The summed E-state index contributed by atoms with van der Waals surface area (Å²) in [4.78, 5) is 17.1. The number of hydrogen-bond acceptors (Lipinski definition) is 5. The number of amides is 1. The number of aryl methyl sites for hydroxylation is 1. The van der Waals surface area contributed by atoms with Gasteiger partial charge in [-0.25, -0.2) is 0 Å². The number of piperidine rings is 2. The molecule has 1 amide bonds. The molecule has 1 aliphatic carbocycles. The van der Waals surface area contributed by atoms with E-state index in [1.807, 2.05) is 0 Å². The van der Waals surface area contributed by atoms with Crippen LogP contribution in [0.2, 0.25) is 0 Å². The van der Waals surface area contributed by atoms with Crippen LogP contribution < -0.4 is 0 Å². The molecule has 4 heterocycles. The predicted octanol–water partition coefficient (Wildman–Crippen LogP) is 5.70. The van der Waals surface area contributed by atoms with E-state index in [9.17, 15) is 18.0 Å². The van der Waals surface area contributed by atoms with E-state index < -0.39 is 12.0 Å². The minimum Gasteiger partial charge on any atom is -0.359 e. The Labute approximate surface area is 245 Å². The maximum absolute atomic E-state index is 13.3. The first-order chi connectivity index (χ1) is 20.2. The number of rotatable bonds is 2. The second kappa shape index (κ2) is 12.1. The fourth-order valence-corrected chi connectivity index (χ4v) is 6.86. The first-order valence-corrected chi connectivity index (χ1v) is 15.5. The van der Waals surface area contributed by atoms with Crippen LogP contribution in [0, 0.1) is 29.6 Å². The minimum atomic E-state index is -4.58. The van der Waals surface area contributed by atoms with Crippen molar-refractivity contribution >= 4 is 11.7 Å². The normalized spacial score (nSPS) is 24.0. The summed E-state index contributed by atoms with van der Waals surface area (Å²) >= 11 is 0. The number of amidine groups is 1. The van der Waals surface area contributed by atoms with Gasteiger partial charge in [0.15, 0.2) is 5.82 Å². The van der Waals surface area contributed by atoms with Crippen LogP contribution in [0.3, 0.4) is 0 Å². The molecule has 7 nitrogen and oxygen atoms in total. The molecule has 3 fully saturated rings. The van der Waals surface area contributed by atoms with Gasteiger partial charge < -0.3 is 9.80 Å². The molecule has 1 aromatic heterocycles. The van der Waals surface area contributed by atoms with Crippen LogP contribution in [-0.4, -0.2) is 62.6 Å². The lowest BCUT2D eigenvalue weighted by Gasteiger charge is -2.35. The first-order valence-electron chi connectivity index (χ1n) is 15.5. The first kappa shape index (κ1) is 28.8. The van der Waals surface area contributed by atoms with E-state index in [-0.39, 0.29) is 11.7 Å². The second-order valence-electron chi connectivity index (χ2n) is 12.5. The van der Waals surface area contributed by atoms with E-state index in [1.54, 1.807) is 0 Å². The van der Waals surface area contributed by atoms with E-state index in [0.717, 1.165) is 80.9 Å². The van der Waals surface area contributed by atoms with Gasteiger partial charge in [0.05, 0.1) is 0 Å². The van der Waals surface area contributed by atoms with Crippen LogP contribution >= 0.6 is 0 Å². The zero-order valence-corrected chi connectivity index (χ0v) is 24.2. The molecule has 6 rings (SSSR count). The van der Waals surface area contributed by atoms with Crippen LogP contribution in [0.5, 0.6) is 0 Å². The molecular weight excluding hydrogens is 541 g/mol. The molecule has 42 heavy (non-hydrogen) atoms. The lowest BCUT2D eigenvalue weighted by molar-refractivity contribution is -0.147. The number of halogens is 3. The smallest absolute Gasteiger partial charge is 0.359 e. The van der Waals surface area contributed by atoms with Crippen molar-refractivity contribution in [2.75, 3.05) is 26.2 Å². The Morgan fingerprint density at radius 1 is 0.881 bits per heavy atom. The summed E-state index contributed by atoms with van der Waals surface area (Å²) in [5.74, 6) is 8.76. The van der Waals surface area contributed by atoms with E-state index in [4.69, 9.17) is 0 Å². The standard InChI is InChI=1S/C32H39F3N6O/c1-22-2-8-27(9-3-22)30(42)40-18-14-24(15-19-40)5-4-23-6-10-25(11-7-23)26-16-20-39(21-17-26)29-13-12-28-36-37-31(32(33,34)35)41(28)38-29/h6-7,10-11,22,24,26-27H,2-3,8-9,12-21H2,1H3. The molecule has 1 saturated carbocycles. The third-order valence-corrected chi connectivity index (χ3v) is 9.58. The number of benzene rings is 1. The summed E-state index contributed by atoms with van der Waals surface area (Å²) in [7, 11) is 0. The van der Waals surface area contributed by atoms with Gasteiger partial charge in [-0.2, -0.15) is 22.9 Å². The molecular formula is C32H39F3N6O. The SMILES string of the molecule is CC1CCC(C(=O)N2CCC(C#Cc3ccc(C4CCN(C5=Nn6c(nnc6C(F)(F)F)CC5)CC4)cc3)CC2)CC1. The zero-order chi connectivity index (χ0) is 29.3. The number of carbonyl (C=O) groups is 1. The number of nitrogens with zero attached hydrogens (tertiary/aromatic N) is 6. The molecule has 3 aliphatic heterocycles.